The van der Waals surface area contributed by atoms with Gasteiger partial charge in [-0.3, -0.25) is 4.90 Å². The molecule has 5 nitrogen and oxygen atoms in total. The highest BCUT2D eigenvalue weighted by Crippen LogP contribution is 2.22. The molecule has 21 heavy (non-hydrogen) atoms. The third-order valence-corrected chi connectivity index (χ3v) is 4.40. The van der Waals surface area contributed by atoms with Crippen molar-refractivity contribution in [3.05, 3.63) is 12.2 Å². The summed E-state index contributed by atoms with van der Waals surface area (Å²) in [5.41, 5.74) is 0.0767. The molecular weight excluding hydrogens is 262 g/mol. The number of hydrogen-bond donors (Lipinski definition) is 1. The predicted octanol–water partition coefficient (Wildman–Crippen LogP) is 2.50. The van der Waals surface area contributed by atoms with E-state index in [1.807, 2.05) is 4.68 Å². The zero-order valence-corrected chi connectivity index (χ0v) is 14.8. The molecule has 1 aromatic heterocycles. The van der Waals surface area contributed by atoms with Gasteiger partial charge in [-0.2, -0.15) is 5.10 Å². The van der Waals surface area contributed by atoms with Crippen LogP contribution in [0.5, 0.6) is 0 Å². The van der Waals surface area contributed by atoms with Crippen LogP contribution in [0.1, 0.15) is 60.3 Å². The quantitative estimate of drug-likeness (QED) is 0.760. The minimum Gasteiger partial charge on any atom is -0.312 e. The lowest BCUT2D eigenvalue weighted by atomic mass is 9.89. The van der Waals surface area contributed by atoms with Crippen molar-refractivity contribution in [2.24, 2.45) is 0 Å². The number of nitrogens with zero attached hydrogens (tertiary/aromatic N) is 4. The maximum atomic E-state index is 4.48. The summed E-state index contributed by atoms with van der Waals surface area (Å²) in [7, 11) is 0. The highest BCUT2D eigenvalue weighted by molar-refractivity contribution is 5.00. The molecule has 5 heteroatoms. The number of nitrogens with one attached hydrogen (secondary N) is 1. The van der Waals surface area contributed by atoms with Crippen LogP contribution in [0.25, 0.3) is 0 Å². The molecule has 0 aliphatic heterocycles. The van der Waals surface area contributed by atoms with Gasteiger partial charge in [0.15, 0.2) is 0 Å². The Labute approximate surface area is 130 Å². The fraction of sp³-hybridized carbons (Fsp3) is 0.875. The Hall–Kier alpha value is -0.940. The molecule has 0 spiro atoms. The molecular formula is C16H33N5. The van der Waals surface area contributed by atoms with E-state index in [-0.39, 0.29) is 5.54 Å². The monoisotopic (exact) mass is 295 g/mol. The van der Waals surface area contributed by atoms with Gasteiger partial charge in [-0.1, -0.05) is 20.8 Å². The van der Waals surface area contributed by atoms with Crippen LogP contribution in [0.3, 0.4) is 0 Å². The Morgan fingerprint density at radius 3 is 2.33 bits per heavy atom. The molecule has 122 valence electrons. The Morgan fingerprint density at radius 2 is 1.86 bits per heavy atom. The summed E-state index contributed by atoms with van der Waals surface area (Å²) in [5.74, 6) is 1.07. The normalized spacial score (nSPS) is 14.1. The van der Waals surface area contributed by atoms with Gasteiger partial charge in [-0.05, 0) is 47.3 Å². The summed E-state index contributed by atoms with van der Waals surface area (Å²) in [4.78, 5) is 6.99. The molecule has 0 bridgehead atoms. The van der Waals surface area contributed by atoms with Crippen molar-refractivity contribution in [3.63, 3.8) is 0 Å². The van der Waals surface area contributed by atoms with Gasteiger partial charge in [0.05, 0.1) is 0 Å². The van der Waals surface area contributed by atoms with Gasteiger partial charge >= 0.3 is 0 Å². The van der Waals surface area contributed by atoms with Gasteiger partial charge in [-0.15, -0.1) is 0 Å². The van der Waals surface area contributed by atoms with Crippen molar-refractivity contribution in [2.45, 2.75) is 72.5 Å². The van der Waals surface area contributed by atoms with E-state index in [0.29, 0.717) is 12.1 Å². The maximum Gasteiger partial charge on any atom is 0.138 e. The summed E-state index contributed by atoms with van der Waals surface area (Å²) in [6.07, 6.45) is 2.57. The molecule has 0 radical (unpaired) electrons. The average molecular weight is 295 g/mol. The smallest absolute Gasteiger partial charge is 0.138 e. The largest absolute Gasteiger partial charge is 0.312 e. The number of aromatic nitrogens is 3. The van der Waals surface area contributed by atoms with E-state index in [1.54, 1.807) is 6.33 Å². The van der Waals surface area contributed by atoms with Crippen molar-refractivity contribution in [3.8, 4) is 0 Å². The van der Waals surface area contributed by atoms with E-state index in [4.69, 9.17) is 0 Å². The van der Waals surface area contributed by atoms with Crippen LogP contribution in [0, 0.1) is 0 Å². The van der Waals surface area contributed by atoms with Crippen LogP contribution in [0.2, 0.25) is 0 Å². The summed E-state index contributed by atoms with van der Waals surface area (Å²) in [6, 6.07) is 0.699. The lowest BCUT2D eigenvalue weighted by molar-refractivity contribution is 0.0903. The average Bonchev–Trinajstić information content (AvgIpc) is 2.87. The van der Waals surface area contributed by atoms with Crippen molar-refractivity contribution in [2.75, 3.05) is 19.6 Å². The van der Waals surface area contributed by atoms with Crippen LogP contribution >= 0.6 is 0 Å². The number of likely N-dealkylation sites (N-methyl/N-ethyl adjacent to an activating group) is 2. The van der Waals surface area contributed by atoms with E-state index in [1.165, 1.54) is 0 Å². The van der Waals surface area contributed by atoms with E-state index in [0.717, 1.165) is 31.9 Å². The SMILES string of the molecule is CCNC(Cc1ncnn1C(C)C)C(C)(C)N(CC)CC. The van der Waals surface area contributed by atoms with E-state index < -0.39 is 0 Å². The summed E-state index contributed by atoms with van der Waals surface area (Å²) >= 11 is 0. The van der Waals surface area contributed by atoms with Crippen LogP contribution in [-0.4, -0.2) is 50.9 Å². The zero-order valence-electron chi connectivity index (χ0n) is 14.8. The lowest BCUT2D eigenvalue weighted by Gasteiger charge is -2.43. The fourth-order valence-electron chi connectivity index (χ4n) is 3.11. The van der Waals surface area contributed by atoms with E-state index >= 15 is 0 Å². The molecule has 0 aliphatic carbocycles. The second-order valence-corrected chi connectivity index (χ2v) is 6.35. The molecule has 1 aromatic rings. The molecule has 1 rings (SSSR count). The summed E-state index contributed by atoms with van der Waals surface area (Å²) < 4.78 is 2.03. The lowest BCUT2D eigenvalue weighted by Crippen LogP contribution is -2.58. The standard InChI is InChI=1S/C16H33N5/c1-8-17-14(16(6,7)20(9-2)10-3)11-15-18-12-19-21(15)13(4)5/h12-14,17H,8-11H2,1-7H3. The molecule has 0 saturated carbocycles. The maximum absolute atomic E-state index is 4.48. The molecule has 0 saturated heterocycles. The first-order chi connectivity index (χ1) is 9.88. The molecule has 0 fully saturated rings. The predicted molar refractivity (Wildman–Crippen MR) is 88.6 cm³/mol. The Morgan fingerprint density at radius 1 is 1.24 bits per heavy atom. The first-order valence-electron chi connectivity index (χ1n) is 8.25. The third kappa shape index (κ3) is 4.27. The van der Waals surface area contributed by atoms with Crippen LogP contribution in [0.15, 0.2) is 6.33 Å². The second kappa shape index (κ2) is 7.90. The first-order valence-corrected chi connectivity index (χ1v) is 8.25. The van der Waals surface area contributed by atoms with E-state index in [9.17, 15) is 0 Å². The molecule has 0 amide bonds. The number of hydrogen-bond acceptors (Lipinski definition) is 4. The minimum atomic E-state index is 0.0767. The molecule has 1 heterocycles. The second-order valence-electron chi connectivity index (χ2n) is 6.35. The van der Waals surface area contributed by atoms with Gasteiger partial charge in [0, 0.05) is 24.0 Å². The summed E-state index contributed by atoms with van der Waals surface area (Å²) in [5, 5.41) is 8.01. The van der Waals surface area contributed by atoms with Crippen LogP contribution in [0.4, 0.5) is 0 Å². The van der Waals surface area contributed by atoms with Gasteiger partial charge in [0.25, 0.3) is 0 Å². The van der Waals surface area contributed by atoms with Gasteiger partial charge < -0.3 is 5.32 Å². The first kappa shape index (κ1) is 18.1. The van der Waals surface area contributed by atoms with Crippen molar-refractivity contribution in [1.82, 2.24) is 25.0 Å². The fourth-order valence-corrected chi connectivity index (χ4v) is 3.11. The Kier molecular flexibility index (Phi) is 6.81. The van der Waals surface area contributed by atoms with Crippen LogP contribution in [-0.2, 0) is 6.42 Å². The van der Waals surface area contributed by atoms with Gasteiger partial charge in [-0.25, -0.2) is 9.67 Å². The molecule has 1 atom stereocenters. The zero-order chi connectivity index (χ0) is 16.0. The van der Waals surface area contributed by atoms with Crippen LogP contribution < -0.4 is 5.32 Å². The summed E-state index contributed by atoms with van der Waals surface area (Å²) in [6.45, 7) is 18.6. The Bertz CT molecular complexity index is 407. The highest BCUT2D eigenvalue weighted by atomic mass is 15.3. The van der Waals surface area contributed by atoms with E-state index in [2.05, 4.69) is 68.8 Å². The molecule has 1 N–H and O–H groups in total. The van der Waals surface area contributed by atoms with Gasteiger partial charge in [0.1, 0.15) is 12.2 Å². The Balaban J connectivity index is 2.98. The molecule has 0 aliphatic rings. The molecule has 1 unspecified atom stereocenters. The van der Waals surface area contributed by atoms with Crippen molar-refractivity contribution >= 4 is 0 Å². The molecule has 0 aromatic carbocycles. The van der Waals surface area contributed by atoms with Gasteiger partial charge in [0.2, 0.25) is 0 Å². The third-order valence-electron chi connectivity index (χ3n) is 4.40. The highest BCUT2D eigenvalue weighted by Gasteiger charge is 2.34. The topological polar surface area (TPSA) is 46.0 Å². The van der Waals surface area contributed by atoms with Crippen molar-refractivity contribution in [1.29, 1.82) is 0 Å². The van der Waals surface area contributed by atoms with Crippen molar-refractivity contribution < 1.29 is 0 Å². The minimum absolute atomic E-state index is 0.0767. The number of rotatable bonds is 9.